The Morgan fingerprint density at radius 1 is 1.24 bits per heavy atom. The van der Waals surface area contributed by atoms with E-state index in [1.54, 1.807) is 16.1 Å². The molecule has 0 N–H and O–H groups in total. The van der Waals surface area contributed by atoms with Crippen LogP contribution in [0.25, 0.3) is 0 Å². The van der Waals surface area contributed by atoms with Gasteiger partial charge in [-0.2, -0.15) is 0 Å². The maximum absolute atomic E-state index is 12.7. The molecule has 1 aromatic carbocycles. The summed E-state index contributed by atoms with van der Waals surface area (Å²) in [5.41, 5.74) is 2.66. The minimum Gasteiger partial charge on any atom is -0.490 e. The predicted octanol–water partition coefficient (Wildman–Crippen LogP) is 3.05. The van der Waals surface area contributed by atoms with Crippen molar-refractivity contribution in [3.63, 3.8) is 0 Å². The first-order valence-electron chi connectivity index (χ1n) is 8.63. The Morgan fingerprint density at radius 3 is 2.60 bits per heavy atom. The topological polar surface area (TPSA) is 49.9 Å². The molecule has 1 aliphatic heterocycles. The van der Waals surface area contributed by atoms with E-state index in [9.17, 15) is 9.59 Å². The molecule has 25 heavy (non-hydrogen) atoms. The minimum atomic E-state index is -0.167. The summed E-state index contributed by atoms with van der Waals surface area (Å²) in [6.07, 6.45) is 4.14. The van der Waals surface area contributed by atoms with Gasteiger partial charge in [-0.05, 0) is 30.5 Å². The number of hydrazine groups is 1. The highest BCUT2D eigenvalue weighted by molar-refractivity contribution is 6.01. The fourth-order valence-corrected chi connectivity index (χ4v) is 3.68. The van der Waals surface area contributed by atoms with Crippen LogP contribution in [0.5, 0.6) is 5.75 Å². The Hall–Kier alpha value is -2.40. The highest BCUT2D eigenvalue weighted by Crippen LogP contribution is 2.42. The zero-order chi connectivity index (χ0) is 18.0. The molecule has 5 nitrogen and oxygen atoms in total. The molecule has 1 aliphatic carbocycles. The van der Waals surface area contributed by atoms with Crippen LogP contribution >= 0.6 is 0 Å². The van der Waals surface area contributed by atoms with Crippen LogP contribution in [0.1, 0.15) is 37.2 Å². The number of carbonyl (C=O) groups excluding carboxylic acids is 2. The van der Waals surface area contributed by atoms with Crippen LogP contribution in [0.3, 0.4) is 0 Å². The SMILES string of the molecule is C=CCOc1ccc([C@H]2CC(=O)N(N(C)C)C3=C2C(=O)CCC3)cc1. The van der Waals surface area contributed by atoms with Crippen LogP contribution in [0.15, 0.2) is 48.2 Å². The highest BCUT2D eigenvalue weighted by atomic mass is 16.5. The fourth-order valence-electron chi connectivity index (χ4n) is 3.68. The minimum absolute atomic E-state index is 0.0374. The second kappa shape index (κ2) is 7.23. The van der Waals surface area contributed by atoms with E-state index in [2.05, 4.69) is 6.58 Å². The molecule has 0 saturated carbocycles. The van der Waals surface area contributed by atoms with Crippen molar-refractivity contribution in [2.75, 3.05) is 20.7 Å². The molecule has 0 spiro atoms. The van der Waals surface area contributed by atoms with Gasteiger partial charge in [-0.1, -0.05) is 24.8 Å². The van der Waals surface area contributed by atoms with Crippen molar-refractivity contribution in [3.8, 4) is 5.75 Å². The molecule has 0 fully saturated rings. The quantitative estimate of drug-likeness (QED) is 0.773. The third-order valence-electron chi connectivity index (χ3n) is 4.70. The second-order valence-electron chi connectivity index (χ2n) is 6.62. The predicted molar refractivity (Wildman–Crippen MR) is 95.9 cm³/mol. The lowest BCUT2D eigenvalue weighted by molar-refractivity contribution is -0.143. The zero-order valence-corrected chi connectivity index (χ0v) is 14.8. The summed E-state index contributed by atoms with van der Waals surface area (Å²) < 4.78 is 5.52. The van der Waals surface area contributed by atoms with Crippen LogP contribution in [-0.4, -0.2) is 42.4 Å². The van der Waals surface area contributed by atoms with Gasteiger partial charge < -0.3 is 4.74 Å². The van der Waals surface area contributed by atoms with E-state index in [0.29, 0.717) is 19.4 Å². The number of ether oxygens (including phenoxy) is 1. The first kappa shape index (κ1) is 17.4. The Bertz CT molecular complexity index is 719. The molecule has 1 atom stereocenters. The molecule has 0 radical (unpaired) electrons. The van der Waals surface area contributed by atoms with Crippen LogP contribution in [0.4, 0.5) is 0 Å². The van der Waals surface area contributed by atoms with Gasteiger partial charge in [0.2, 0.25) is 5.91 Å². The van der Waals surface area contributed by atoms with Crippen molar-refractivity contribution in [2.45, 2.75) is 31.6 Å². The second-order valence-corrected chi connectivity index (χ2v) is 6.62. The Labute approximate surface area is 148 Å². The van der Waals surface area contributed by atoms with Crippen molar-refractivity contribution in [2.24, 2.45) is 0 Å². The first-order chi connectivity index (χ1) is 12.0. The van der Waals surface area contributed by atoms with Crippen molar-refractivity contribution >= 4 is 11.7 Å². The molecular formula is C20H24N2O3. The Morgan fingerprint density at radius 2 is 1.96 bits per heavy atom. The number of nitrogens with zero attached hydrogens (tertiary/aromatic N) is 2. The lowest BCUT2D eigenvalue weighted by atomic mass is 9.77. The molecule has 1 aromatic rings. The molecule has 3 rings (SSSR count). The number of allylic oxidation sites excluding steroid dienone is 2. The molecule has 2 aliphatic rings. The van der Waals surface area contributed by atoms with Gasteiger partial charge in [0, 0.05) is 44.1 Å². The number of ketones is 1. The molecule has 5 heteroatoms. The number of rotatable bonds is 5. The van der Waals surface area contributed by atoms with Gasteiger partial charge >= 0.3 is 0 Å². The largest absolute Gasteiger partial charge is 0.490 e. The number of hydrogen-bond acceptors (Lipinski definition) is 4. The van der Waals surface area contributed by atoms with E-state index >= 15 is 0 Å². The summed E-state index contributed by atoms with van der Waals surface area (Å²) in [7, 11) is 3.68. The van der Waals surface area contributed by atoms with E-state index in [-0.39, 0.29) is 17.6 Å². The van der Waals surface area contributed by atoms with Gasteiger partial charge in [0.15, 0.2) is 5.78 Å². The summed E-state index contributed by atoms with van der Waals surface area (Å²) in [6, 6.07) is 7.67. The number of hydrogen-bond donors (Lipinski definition) is 0. The van der Waals surface area contributed by atoms with Crippen LogP contribution in [0, 0.1) is 0 Å². The monoisotopic (exact) mass is 340 g/mol. The van der Waals surface area contributed by atoms with E-state index < -0.39 is 0 Å². The standard InChI is InChI=1S/C20H24N2O3/c1-4-12-25-15-10-8-14(9-11-15)16-13-19(24)22(21(2)3)17-6-5-7-18(23)20(16)17/h4,8-11,16H,1,5-7,12-13H2,2-3H3/t16-/m1/s1. The molecular weight excluding hydrogens is 316 g/mol. The molecule has 0 unspecified atom stereocenters. The molecule has 0 saturated heterocycles. The Balaban J connectivity index is 1.97. The average Bonchev–Trinajstić information content (AvgIpc) is 2.59. The molecule has 0 bridgehead atoms. The van der Waals surface area contributed by atoms with E-state index in [1.165, 1.54) is 0 Å². The smallest absolute Gasteiger partial charge is 0.242 e. The van der Waals surface area contributed by atoms with Crippen molar-refractivity contribution in [3.05, 3.63) is 53.8 Å². The van der Waals surface area contributed by atoms with Gasteiger partial charge in [0.1, 0.15) is 12.4 Å². The van der Waals surface area contributed by atoms with Crippen molar-refractivity contribution in [1.82, 2.24) is 10.0 Å². The summed E-state index contributed by atoms with van der Waals surface area (Å²) in [6.45, 7) is 4.09. The molecule has 1 heterocycles. The lowest BCUT2D eigenvalue weighted by Gasteiger charge is -2.41. The summed E-state index contributed by atoms with van der Waals surface area (Å²) >= 11 is 0. The van der Waals surface area contributed by atoms with Gasteiger partial charge in [-0.15, -0.1) is 0 Å². The number of amides is 1. The van der Waals surface area contributed by atoms with Crippen molar-refractivity contribution < 1.29 is 14.3 Å². The number of benzene rings is 1. The summed E-state index contributed by atoms with van der Waals surface area (Å²) in [5.74, 6) is 0.790. The third kappa shape index (κ3) is 3.37. The molecule has 0 aromatic heterocycles. The fraction of sp³-hybridized carbons (Fsp3) is 0.400. The molecule has 132 valence electrons. The van der Waals surface area contributed by atoms with E-state index in [4.69, 9.17) is 4.74 Å². The number of Topliss-reactive ketones (excluding diaryl/α,β-unsaturated/α-hetero) is 1. The number of carbonyl (C=O) groups is 2. The highest BCUT2D eigenvalue weighted by Gasteiger charge is 2.39. The van der Waals surface area contributed by atoms with E-state index in [1.807, 2.05) is 38.4 Å². The summed E-state index contributed by atoms with van der Waals surface area (Å²) in [5, 5.41) is 3.45. The normalized spacial score (nSPS) is 20.8. The van der Waals surface area contributed by atoms with Gasteiger partial charge in [0.05, 0.1) is 0 Å². The average molecular weight is 340 g/mol. The third-order valence-corrected chi connectivity index (χ3v) is 4.70. The van der Waals surface area contributed by atoms with Gasteiger partial charge in [0.25, 0.3) is 0 Å². The van der Waals surface area contributed by atoms with Gasteiger partial charge in [-0.3, -0.25) is 9.59 Å². The zero-order valence-electron chi connectivity index (χ0n) is 14.8. The van der Waals surface area contributed by atoms with E-state index in [0.717, 1.165) is 35.4 Å². The van der Waals surface area contributed by atoms with Crippen LogP contribution in [-0.2, 0) is 9.59 Å². The van der Waals surface area contributed by atoms with Crippen LogP contribution in [0.2, 0.25) is 0 Å². The summed E-state index contributed by atoms with van der Waals surface area (Å²) in [4.78, 5) is 25.3. The lowest BCUT2D eigenvalue weighted by Crippen LogP contribution is -2.47. The Kier molecular flexibility index (Phi) is 5.04. The maximum Gasteiger partial charge on any atom is 0.242 e. The van der Waals surface area contributed by atoms with Crippen LogP contribution < -0.4 is 4.74 Å². The van der Waals surface area contributed by atoms with Crippen molar-refractivity contribution in [1.29, 1.82) is 0 Å². The maximum atomic E-state index is 12.7. The first-order valence-corrected chi connectivity index (χ1v) is 8.63. The van der Waals surface area contributed by atoms with Gasteiger partial charge in [-0.25, -0.2) is 10.0 Å². The molecule has 1 amide bonds.